The molecule has 0 aliphatic heterocycles. The summed E-state index contributed by atoms with van der Waals surface area (Å²) in [7, 11) is 0. The summed E-state index contributed by atoms with van der Waals surface area (Å²) in [5, 5.41) is 6.84. The number of hydrogen-bond acceptors (Lipinski definition) is 3. The molecule has 4 heteroatoms. The Morgan fingerprint density at radius 2 is 0.828 bits per heavy atom. The molecule has 0 radical (unpaired) electrons. The van der Waals surface area contributed by atoms with Crippen LogP contribution in [0.1, 0.15) is 0 Å². The van der Waals surface area contributed by atoms with Crippen molar-refractivity contribution in [2.24, 2.45) is 0 Å². The van der Waals surface area contributed by atoms with Gasteiger partial charge >= 0.3 is 0 Å². The topological polar surface area (TPSA) is 34.5 Å². The zero-order valence-electron chi connectivity index (χ0n) is 31.3. The van der Waals surface area contributed by atoms with Crippen molar-refractivity contribution >= 4 is 82.7 Å². The van der Waals surface area contributed by atoms with Crippen LogP contribution in [0.25, 0.3) is 93.6 Å². The largest absolute Gasteiger partial charge is 0.454 e. The molecule has 3 heterocycles. The molecule has 0 saturated heterocycles. The van der Waals surface area contributed by atoms with Crippen LogP contribution in [0.3, 0.4) is 0 Å². The van der Waals surface area contributed by atoms with E-state index in [4.69, 9.17) is 8.83 Å². The van der Waals surface area contributed by atoms with Gasteiger partial charge in [-0.2, -0.15) is 0 Å². The second-order valence-corrected chi connectivity index (χ2v) is 14.9. The monoisotopic (exact) mass is 742 g/mol. The first kappa shape index (κ1) is 32.4. The van der Waals surface area contributed by atoms with E-state index in [1.54, 1.807) is 0 Å². The van der Waals surface area contributed by atoms with Gasteiger partial charge in [0.2, 0.25) is 0 Å². The number of nitrogens with zero attached hydrogens (tertiary/aromatic N) is 2. The van der Waals surface area contributed by atoms with Gasteiger partial charge in [-0.25, -0.2) is 0 Å². The van der Waals surface area contributed by atoms with Gasteiger partial charge < -0.3 is 18.3 Å². The number of furan rings is 2. The second kappa shape index (κ2) is 12.9. The zero-order chi connectivity index (χ0) is 38.2. The summed E-state index contributed by atoms with van der Waals surface area (Å²) in [5.74, 6) is 0. The Kier molecular flexibility index (Phi) is 7.20. The van der Waals surface area contributed by atoms with Gasteiger partial charge in [0.05, 0.1) is 28.1 Å². The van der Waals surface area contributed by atoms with Crippen molar-refractivity contribution in [3.63, 3.8) is 0 Å². The van der Waals surface area contributed by atoms with E-state index in [-0.39, 0.29) is 0 Å². The smallest absolute Gasteiger partial charge is 0.159 e. The van der Waals surface area contributed by atoms with Gasteiger partial charge in [0.25, 0.3) is 0 Å². The lowest BCUT2D eigenvalue weighted by molar-refractivity contribution is 0.666. The highest BCUT2D eigenvalue weighted by Crippen LogP contribution is 2.46. The van der Waals surface area contributed by atoms with Gasteiger partial charge in [0.15, 0.2) is 11.2 Å². The predicted octanol–water partition coefficient (Wildman–Crippen LogP) is 15.4. The van der Waals surface area contributed by atoms with E-state index < -0.39 is 0 Å². The van der Waals surface area contributed by atoms with Gasteiger partial charge in [-0.05, 0) is 77.4 Å². The molecule has 0 fully saturated rings. The van der Waals surface area contributed by atoms with E-state index in [9.17, 15) is 0 Å². The van der Waals surface area contributed by atoms with Crippen LogP contribution < -0.4 is 4.90 Å². The third-order valence-corrected chi connectivity index (χ3v) is 11.6. The highest BCUT2D eigenvalue weighted by Gasteiger charge is 2.23. The molecule has 3 aromatic heterocycles. The fraction of sp³-hybridized carbons (Fsp3) is 0. The van der Waals surface area contributed by atoms with E-state index in [1.165, 1.54) is 27.4 Å². The minimum atomic E-state index is 0.829. The molecular formula is C54H34N2O2. The average Bonchev–Trinajstić information content (AvgIpc) is 3.97. The Morgan fingerprint density at radius 3 is 1.45 bits per heavy atom. The van der Waals surface area contributed by atoms with Crippen molar-refractivity contribution in [2.45, 2.75) is 0 Å². The van der Waals surface area contributed by atoms with Crippen molar-refractivity contribution in [3.8, 4) is 27.9 Å². The van der Waals surface area contributed by atoms with Crippen LogP contribution in [0.5, 0.6) is 0 Å². The van der Waals surface area contributed by atoms with Gasteiger partial charge in [-0.3, -0.25) is 0 Å². The lowest BCUT2D eigenvalue weighted by Gasteiger charge is -2.25. The number of hydrogen-bond donors (Lipinski definition) is 0. The third kappa shape index (κ3) is 4.95. The molecule has 0 saturated carbocycles. The van der Waals surface area contributed by atoms with E-state index in [0.717, 1.165) is 83.3 Å². The Morgan fingerprint density at radius 1 is 0.345 bits per heavy atom. The van der Waals surface area contributed by atoms with Crippen LogP contribution in [0.4, 0.5) is 17.1 Å². The first-order valence-electron chi connectivity index (χ1n) is 19.7. The molecule has 0 amide bonds. The Hall–Kier alpha value is -7.82. The summed E-state index contributed by atoms with van der Waals surface area (Å²) >= 11 is 0. The van der Waals surface area contributed by atoms with Crippen LogP contribution in [-0.2, 0) is 0 Å². The summed E-state index contributed by atoms with van der Waals surface area (Å²) in [6.45, 7) is 0. The normalized spacial score (nSPS) is 11.8. The van der Waals surface area contributed by atoms with Gasteiger partial charge in [0.1, 0.15) is 11.2 Å². The summed E-state index contributed by atoms with van der Waals surface area (Å²) < 4.78 is 15.7. The maximum atomic E-state index is 6.64. The number of rotatable bonds is 6. The zero-order valence-corrected chi connectivity index (χ0v) is 31.3. The predicted molar refractivity (Wildman–Crippen MR) is 241 cm³/mol. The molecule has 0 N–H and O–H groups in total. The maximum Gasteiger partial charge on any atom is 0.159 e. The van der Waals surface area contributed by atoms with Crippen LogP contribution in [0.15, 0.2) is 215 Å². The molecule has 0 bridgehead atoms. The fourth-order valence-corrected chi connectivity index (χ4v) is 8.99. The van der Waals surface area contributed by atoms with Crippen LogP contribution >= 0.6 is 0 Å². The second-order valence-electron chi connectivity index (χ2n) is 14.9. The number of aromatic nitrogens is 1. The van der Waals surface area contributed by atoms with E-state index in [1.807, 2.05) is 24.3 Å². The van der Waals surface area contributed by atoms with Crippen molar-refractivity contribution in [1.29, 1.82) is 0 Å². The molecule has 0 atom stereocenters. The first-order valence-corrected chi connectivity index (χ1v) is 19.7. The fourth-order valence-electron chi connectivity index (χ4n) is 8.99. The molecule has 12 aromatic rings. The molecule has 0 aliphatic carbocycles. The van der Waals surface area contributed by atoms with Crippen LogP contribution in [0.2, 0.25) is 0 Å². The van der Waals surface area contributed by atoms with Crippen LogP contribution in [0, 0.1) is 0 Å². The molecule has 272 valence electrons. The highest BCUT2D eigenvalue weighted by molar-refractivity contribution is 6.14. The van der Waals surface area contributed by atoms with E-state index in [2.05, 4.69) is 191 Å². The third-order valence-electron chi connectivity index (χ3n) is 11.6. The number of benzene rings is 9. The molecule has 4 nitrogen and oxygen atoms in total. The summed E-state index contributed by atoms with van der Waals surface area (Å²) in [6, 6.07) is 73.1. The molecule has 0 spiro atoms. The molecule has 0 unspecified atom stereocenters. The highest BCUT2D eigenvalue weighted by atomic mass is 16.3. The SMILES string of the molecule is c1cc(-c2ccc(N(c3cccc4c3oc3ccccc34)c3cccc4c3oc3ccccc34)cc2)cc(-c2ccccc2-n2c3ccccc3c3ccccc32)c1. The van der Waals surface area contributed by atoms with Crippen LogP contribution in [-0.4, -0.2) is 4.57 Å². The molecule has 12 rings (SSSR count). The lowest BCUT2D eigenvalue weighted by Crippen LogP contribution is -2.10. The average molecular weight is 743 g/mol. The quantitative estimate of drug-likeness (QED) is 0.170. The lowest BCUT2D eigenvalue weighted by atomic mass is 9.97. The Balaban J connectivity index is 0.995. The summed E-state index contributed by atoms with van der Waals surface area (Å²) in [5.41, 5.74) is 14.4. The number of fused-ring (bicyclic) bond motifs is 9. The minimum Gasteiger partial charge on any atom is -0.454 e. The molecule has 58 heavy (non-hydrogen) atoms. The van der Waals surface area contributed by atoms with Crippen molar-refractivity contribution in [3.05, 3.63) is 206 Å². The van der Waals surface area contributed by atoms with Crippen molar-refractivity contribution < 1.29 is 8.83 Å². The molecule has 9 aromatic carbocycles. The standard InChI is InChI=1S/C54H34N2O2/c1-6-23-46(56-47-24-7-2-17-40(47)41-18-3-8-25-48(41)56)39(16-1)37-15-11-14-36(34-37)35-30-32-38(33-31-35)55(49-26-12-21-44-42-19-4-9-28-51(42)57-53(44)49)50-27-13-22-45-43-20-5-10-29-52(43)58-54(45)50/h1-34H. The van der Waals surface area contributed by atoms with Gasteiger partial charge in [-0.1, -0.05) is 146 Å². The Bertz CT molecular complexity index is 3360. The van der Waals surface area contributed by atoms with Crippen molar-refractivity contribution in [1.82, 2.24) is 4.57 Å². The maximum absolute atomic E-state index is 6.64. The van der Waals surface area contributed by atoms with E-state index in [0.29, 0.717) is 0 Å². The van der Waals surface area contributed by atoms with Gasteiger partial charge in [0, 0.05) is 43.6 Å². The van der Waals surface area contributed by atoms with Crippen molar-refractivity contribution in [2.75, 3.05) is 4.90 Å². The van der Waals surface area contributed by atoms with E-state index >= 15 is 0 Å². The van der Waals surface area contributed by atoms with Gasteiger partial charge in [-0.15, -0.1) is 0 Å². The first-order chi connectivity index (χ1) is 28.8. The number of para-hydroxylation sites is 7. The Labute approximate surface area is 334 Å². The minimum absolute atomic E-state index is 0.829. The summed E-state index contributed by atoms with van der Waals surface area (Å²) in [4.78, 5) is 2.28. The molecule has 0 aliphatic rings. The molecular weight excluding hydrogens is 709 g/mol. The number of anilines is 3. The summed E-state index contributed by atoms with van der Waals surface area (Å²) in [6.07, 6.45) is 0.